The number of nitrogens with zero attached hydrogens (tertiary/aromatic N) is 2. The molecule has 5 nitrogen and oxygen atoms in total. The van der Waals surface area contributed by atoms with Crippen molar-refractivity contribution >= 4 is 44.9 Å². The molecule has 2 aromatic carbocycles. The Morgan fingerprint density at radius 1 is 1.26 bits per heavy atom. The monoisotopic (exact) mass is 445 g/mol. The number of hydrogen-bond donors (Lipinski definition) is 1. The summed E-state index contributed by atoms with van der Waals surface area (Å²) >= 11 is 9.22. The highest BCUT2D eigenvalue weighted by molar-refractivity contribution is 9.10. The Kier molecular flexibility index (Phi) is 4.39. The fourth-order valence-corrected chi connectivity index (χ4v) is 4.77. The molecule has 0 aliphatic carbocycles. The van der Waals surface area contributed by atoms with Gasteiger partial charge >= 0.3 is 0 Å². The fourth-order valence-electron chi connectivity index (χ4n) is 3.98. The molecule has 27 heavy (non-hydrogen) atoms. The maximum absolute atomic E-state index is 13.2. The van der Waals surface area contributed by atoms with E-state index in [-0.39, 0.29) is 11.9 Å². The molecular formula is C20H20BrN3O2S. The van der Waals surface area contributed by atoms with Crippen molar-refractivity contribution in [3.8, 4) is 5.75 Å². The Morgan fingerprint density at radius 2 is 1.96 bits per heavy atom. The van der Waals surface area contributed by atoms with Crippen molar-refractivity contribution in [3.63, 3.8) is 0 Å². The second-order valence-corrected chi connectivity index (χ2v) is 8.45. The maximum atomic E-state index is 13.2. The average Bonchev–Trinajstić information content (AvgIpc) is 2.62. The van der Waals surface area contributed by atoms with Crippen LogP contribution in [0.3, 0.4) is 0 Å². The average molecular weight is 446 g/mol. The molecule has 1 saturated heterocycles. The van der Waals surface area contributed by atoms with Crippen molar-refractivity contribution in [1.29, 1.82) is 0 Å². The van der Waals surface area contributed by atoms with Crippen LogP contribution in [-0.4, -0.2) is 35.7 Å². The first kappa shape index (κ1) is 18.3. The van der Waals surface area contributed by atoms with Gasteiger partial charge in [-0.05, 0) is 49.5 Å². The van der Waals surface area contributed by atoms with Gasteiger partial charge in [0.2, 0.25) is 5.91 Å². The van der Waals surface area contributed by atoms with Gasteiger partial charge in [0.25, 0.3) is 0 Å². The molecule has 2 bridgehead atoms. The second-order valence-electron chi connectivity index (χ2n) is 7.15. The molecule has 3 unspecified atom stereocenters. The number of benzene rings is 2. The zero-order chi connectivity index (χ0) is 19.3. The van der Waals surface area contributed by atoms with E-state index in [1.807, 2.05) is 60.4 Å². The predicted molar refractivity (Wildman–Crippen MR) is 113 cm³/mol. The Balaban J connectivity index is 1.93. The molecule has 0 radical (unpaired) electrons. The minimum absolute atomic E-state index is 0.0101. The summed E-state index contributed by atoms with van der Waals surface area (Å²) in [6.45, 7) is 1.94. The van der Waals surface area contributed by atoms with E-state index in [0.717, 1.165) is 21.5 Å². The van der Waals surface area contributed by atoms with Crippen LogP contribution >= 0.6 is 28.1 Å². The van der Waals surface area contributed by atoms with Crippen LogP contribution in [0.25, 0.3) is 0 Å². The summed E-state index contributed by atoms with van der Waals surface area (Å²) in [5.41, 5.74) is 0.862. The molecule has 2 aliphatic heterocycles. The lowest BCUT2D eigenvalue weighted by Crippen LogP contribution is -2.72. The molecule has 2 aliphatic rings. The highest BCUT2D eigenvalue weighted by atomic mass is 79.9. The van der Waals surface area contributed by atoms with E-state index < -0.39 is 11.6 Å². The Labute approximate surface area is 172 Å². The second kappa shape index (κ2) is 6.49. The van der Waals surface area contributed by atoms with Crippen molar-refractivity contribution in [2.45, 2.75) is 18.7 Å². The van der Waals surface area contributed by atoms with E-state index in [2.05, 4.69) is 21.2 Å². The maximum Gasteiger partial charge on any atom is 0.233 e. The number of rotatable bonds is 2. The van der Waals surface area contributed by atoms with Gasteiger partial charge in [0.05, 0.1) is 6.04 Å². The number of para-hydroxylation sites is 1. The third-order valence-corrected chi connectivity index (χ3v) is 5.97. The van der Waals surface area contributed by atoms with Crippen LogP contribution in [0.5, 0.6) is 5.75 Å². The Bertz CT molecular complexity index is 921. The van der Waals surface area contributed by atoms with E-state index in [4.69, 9.17) is 17.0 Å². The van der Waals surface area contributed by atoms with E-state index in [0.29, 0.717) is 5.11 Å². The van der Waals surface area contributed by atoms with Crippen molar-refractivity contribution in [1.82, 2.24) is 10.2 Å². The molecule has 0 aromatic heterocycles. The van der Waals surface area contributed by atoms with E-state index in [9.17, 15) is 4.79 Å². The summed E-state index contributed by atoms with van der Waals surface area (Å²) in [5, 5.41) is 3.94. The summed E-state index contributed by atoms with van der Waals surface area (Å²) in [6, 6.07) is 15.4. The summed E-state index contributed by atoms with van der Waals surface area (Å²) in [7, 11) is 3.53. The van der Waals surface area contributed by atoms with Crippen molar-refractivity contribution in [2.24, 2.45) is 5.92 Å². The molecule has 1 fully saturated rings. The summed E-state index contributed by atoms with van der Waals surface area (Å²) in [4.78, 5) is 16.7. The molecule has 4 rings (SSSR count). The molecule has 0 saturated carbocycles. The predicted octanol–water partition coefficient (Wildman–Crippen LogP) is 3.70. The fraction of sp³-hybridized carbons (Fsp3) is 0.300. The minimum Gasteiger partial charge on any atom is -0.467 e. The number of nitrogens with one attached hydrogen (secondary N) is 1. The van der Waals surface area contributed by atoms with E-state index in [1.165, 1.54) is 0 Å². The van der Waals surface area contributed by atoms with Gasteiger partial charge in [0.15, 0.2) is 10.8 Å². The van der Waals surface area contributed by atoms with Crippen LogP contribution in [0.2, 0.25) is 0 Å². The highest BCUT2D eigenvalue weighted by Crippen LogP contribution is 2.50. The lowest BCUT2D eigenvalue weighted by Gasteiger charge is -2.56. The van der Waals surface area contributed by atoms with Crippen LogP contribution in [0, 0.1) is 5.92 Å². The molecule has 3 atom stereocenters. The number of hydrogen-bond acceptors (Lipinski definition) is 3. The summed E-state index contributed by atoms with van der Waals surface area (Å²) < 4.78 is 7.43. The largest absolute Gasteiger partial charge is 0.467 e. The van der Waals surface area contributed by atoms with Gasteiger partial charge in [0.1, 0.15) is 11.7 Å². The minimum atomic E-state index is -0.948. The molecular weight excluding hydrogens is 426 g/mol. The Hall–Kier alpha value is -2.12. The van der Waals surface area contributed by atoms with Crippen LogP contribution in [0.15, 0.2) is 53.0 Å². The topological polar surface area (TPSA) is 44.8 Å². The van der Waals surface area contributed by atoms with Crippen LogP contribution in [-0.2, 0) is 4.79 Å². The summed E-state index contributed by atoms with van der Waals surface area (Å²) in [5.74, 6) is 0.273. The lowest BCUT2D eigenvalue weighted by atomic mass is 9.78. The van der Waals surface area contributed by atoms with E-state index >= 15 is 0 Å². The first-order chi connectivity index (χ1) is 12.8. The molecule has 2 heterocycles. The lowest BCUT2D eigenvalue weighted by molar-refractivity contribution is -0.144. The molecule has 0 spiro atoms. The van der Waals surface area contributed by atoms with Crippen molar-refractivity contribution in [2.75, 3.05) is 19.0 Å². The van der Waals surface area contributed by atoms with Crippen molar-refractivity contribution in [3.05, 3.63) is 58.6 Å². The molecule has 2 aromatic rings. The van der Waals surface area contributed by atoms with Crippen molar-refractivity contribution < 1.29 is 9.53 Å². The van der Waals surface area contributed by atoms with Gasteiger partial charge in [-0.3, -0.25) is 9.69 Å². The summed E-state index contributed by atoms with van der Waals surface area (Å²) in [6.07, 6.45) is 0. The van der Waals surface area contributed by atoms with Gasteiger partial charge < -0.3 is 15.0 Å². The van der Waals surface area contributed by atoms with E-state index in [1.54, 1.807) is 19.0 Å². The molecule has 1 N–H and O–H groups in total. The first-order valence-electron chi connectivity index (χ1n) is 8.68. The number of amides is 1. The van der Waals surface area contributed by atoms with Crippen LogP contribution in [0.4, 0.5) is 5.69 Å². The zero-order valence-corrected chi connectivity index (χ0v) is 17.7. The van der Waals surface area contributed by atoms with Gasteiger partial charge in [-0.15, -0.1) is 0 Å². The number of carbonyl (C=O) groups excluding carboxylic acids is 1. The third-order valence-electron chi connectivity index (χ3n) is 5.18. The number of thiocarbonyl (C=S) groups is 1. The highest BCUT2D eigenvalue weighted by Gasteiger charge is 2.59. The third kappa shape index (κ3) is 2.80. The van der Waals surface area contributed by atoms with Crippen LogP contribution in [0.1, 0.15) is 18.5 Å². The molecule has 140 valence electrons. The van der Waals surface area contributed by atoms with Gasteiger partial charge in [-0.25, -0.2) is 0 Å². The van der Waals surface area contributed by atoms with Gasteiger partial charge in [0, 0.05) is 29.8 Å². The quantitative estimate of drug-likeness (QED) is 0.713. The number of anilines is 1. The number of carbonyl (C=O) groups is 1. The number of halogens is 1. The number of fused-ring (bicyclic) bond motifs is 4. The van der Waals surface area contributed by atoms with Gasteiger partial charge in [-0.2, -0.15) is 0 Å². The first-order valence-corrected chi connectivity index (χ1v) is 9.88. The van der Waals surface area contributed by atoms with Gasteiger partial charge in [-0.1, -0.05) is 34.1 Å². The molecule has 1 amide bonds. The normalized spacial score (nSPS) is 25.9. The zero-order valence-electron chi connectivity index (χ0n) is 15.3. The standard InChI is InChI=1S/C20H20BrN3O2S/c1-20-16(18(25)23(2)3)17(14-11-12(21)9-10-15(14)26-20)22-19(27)24(20)13-7-5-4-6-8-13/h4-11,16-17H,1-3H3,(H,22,27). The Morgan fingerprint density at radius 3 is 2.63 bits per heavy atom. The smallest absolute Gasteiger partial charge is 0.233 e. The SMILES string of the molecule is CN(C)C(=O)C1C2NC(=S)N(c3ccccc3)C1(C)Oc1ccc(Br)cc12. The van der Waals surface area contributed by atoms with Crippen LogP contribution < -0.4 is 15.0 Å². The number of ether oxygens (including phenoxy) is 1. The molecule has 7 heteroatoms.